The number of hydrogen-bond acceptors (Lipinski definition) is 6. The normalized spacial score (nSPS) is 14.5. The van der Waals surface area contributed by atoms with E-state index in [1.807, 2.05) is 13.0 Å². The van der Waals surface area contributed by atoms with Gasteiger partial charge >= 0.3 is 5.97 Å². The molecular formula is C23H18INO6S. The van der Waals surface area contributed by atoms with Crippen molar-refractivity contribution >= 4 is 57.5 Å². The minimum atomic E-state index is -0.988. The largest absolute Gasteiger partial charge is 0.490 e. The van der Waals surface area contributed by atoms with Crippen molar-refractivity contribution in [3.63, 3.8) is 0 Å². The summed E-state index contributed by atoms with van der Waals surface area (Å²) in [6, 6.07) is 9.98. The minimum absolute atomic E-state index is 0.0655. The molecule has 0 aromatic heterocycles. The molecule has 0 spiro atoms. The maximum Gasteiger partial charge on any atom is 0.335 e. The second-order valence-corrected chi connectivity index (χ2v) is 8.68. The second kappa shape index (κ2) is 10.6. The smallest absolute Gasteiger partial charge is 0.335 e. The minimum Gasteiger partial charge on any atom is -0.490 e. The lowest BCUT2D eigenvalue weighted by molar-refractivity contribution is -0.122. The molecule has 2 aromatic carbocycles. The molecule has 1 N–H and O–H groups in total. The predicted molar refractivity (Wildman–Crippen MR) is 130 cm³/mol. The highest BCUT2D eigenvalue weighted by molar-refractivity contribution is 14.1. The van der Waals surface area contributed by atoms with Gasteiger partial charge in [0, 0.05) is 0 Å². The number of aromatic carboxylic acids is 1. The number of thioether (sulfide) groups is 1. The molecule has 3 rings (SSSR count). The molecule has 0 saturated carbocycles. The van der Waals surface area contributed by atoms with Crippen LogP contribution in [0.1, 0.15) is 28.4 Å². The van der Waals surface area contributed by atoms with Crippen LogP contribution >= 0.6 is 34.4 Å². The number of amides is 2. The van der Waals surface area contributed by atoms with Gasteiger partial charge in [0.05, 0.1) is 27.2 Å². The van der Waals surface area contributed by atoms with Crippen LogP contribution in [-0.4, -0.2) is 40.3 Å². The fraction of sp³-hybridized carbons (Fsp3) is 0.174. The maximum absolute atomic E-state index is 12.4. The standard InChI is InChI=1S/C23H18INO6S/c1-3-9-25-21(26)19(32-23(25)29)12-15-10-17(24)20(18(11-15)30-4-2)31-13-14-5-7-16(8-6-14)22(27)28/h1,5-8,10-12H,4,9,13H2,2H3,(H,27,28)/b19-12-. The molecule has 1 aliphatic heterocycles. The van der Waals surface area contributed by atoms with E-state index >= 15 is 0 Å². The zero-order valence-corrected chi connectivity index (χ0v) is 19.9. The number of carbonyl (C=O) groups excluding carboxylic acids is 2. The number of terminal acetylenes is 1. The van der Waals surface area contributed by atoms with Gasteiger partial charge in [-0.2, -0.15) is 0 Å². The summed E-state index contributed by atoms with van der Waals surface area (Å²) in [7, 11) is 0. The summed E-state index contributed by atoms with van der Waals surface area (Å²) in [5.41, 5.74) is 1.69. The zero-order chi connectivity index (χ0) is 23.3. The van der Waals surface area contributed by atoms with Gasteiger partial charge in [0.15, 0.2) is 11.5 Å². The lowest BCUT2D eigenvalue weighted by atomic mass is 10.1. The Bertz CT molecular complexity index is 1140. The first-order valence-corrected chi connectivity index (χ1v) is 11.3. The molecule has 0 radical (unpaired) electrons. The van der Waals surface area contributed by atoms with E-state index in [0.717, 1.165) is 25.8 Å². The van der Waals surface area contributed by atoms with Crippen molar-refractivity contribution in [2.45, 2.75) is 13.5 Å². The quantitative estimate of drug-likeness (QED) is 0.284. The van der Waals surface area contributed by atoms with Gasteiger partial charge in [-0.05, 0) is 82.7 Å². The van der Waals surface area contributed by atoms with Crippen LogP contribution in [0.25, 0.3) is 6.08 Å². The van der Waals surface area contributed by atoms with Crippen LogP contribution in [0.4, 0.5) is 4.79 Å². The number of rotatable bonds is 8. The first kappa shape index (κ1) is 23.7. The summed E-state index contributed by atoms with van der Waals surface area (Å²) in [6.45, 7) is 2.41. The summed E-state index contributed by atoms with van der Waals surface area (Å²) >= 11 is 2.96. The number of ether oxygens (including phenoxy) is 2. The molecule has 1 saturated heterocycles. The molecule has 2 amide bonds. The van der Waals surface area contributed by atoms with Gasteiger partial charge in [-0.25, -0.2) is 4.79 Å². The topological polar surface area (TPSA) is 93.1 Å². The molecule has 1 fully saturated rings. The first-order chi connectivity index (χ1) is 15.3. The Hall–Kier alpha value is -2.97. The highest BCUT2D eigenvalue weighted by atomic mass is 127. The van der Waals surface area contributed by atoms with Crippen LogP contribution in [0, 0.1) is 15.9 Å². The Labute approximate surface area is 202 Å². The fourth-order valence-corrected chi connectivity index (χ4v) is 4.47. The molecule has 32 heavy (non-hydrogen) atoms. The number of carboxylic acids is 1. The average Bonchev–Trinajstić information content (AvgIpc) is 3.01. The van der Waals surface area contributed by atoms with Crippen LogP contribution in [0.3, 0.4) is 0 Å². The third-order valence-electron chi connectivity index (χ3n) is 4.34. The van der Waals surface area contributed by atoms with Gasteiger partial charge in [-0.3, -0.25) is 14.5 Å². The van der Waals surface area contributed by atoms with E-state index in [2.05, 4.69) is 28.5 Å². The predicted octanol–water partition coefficient (Wildman–Crippen LogP) is 4.64. The van der Waals surface area contributed by atoms with Gasteiger partial charge in [0.1, 0.15) is 6.61 Å². The van der Waals surface area contributed by atoms with Crippen molar-refractivity contribution in [2.24, 2.45) is 0 Å². The Kier molecular flexibility index (Phi) is 7.82. The Morgan fingerprint density at radius 2 is 1.97 bits per heavy atom. The molecule has 0 aliphatic carbocycles. The first-order valence-electron chi connectivity index (χ1n) is 9.44. The molecule has 0 unspecified atom stereocenters. The monoisotopic (exact) mass is 563 g/mol. The molecule has 0 bridgehead atoms. The van der Waals surface area contributed by atoms with E-state index in [1.165, 1.54) is 12.1 Å². The van der Waals surface area contributed by atoms with E-state index in [-0.39, 0.29) is 23.6 Å². The number of carbonyl (C=O) groups is 3. The van der Waals surface area contributed by atoms with E-state index in [1.54, 1.807) is 24.3 Å². The highest BCUT2D eigenvalue weighted by Crippen LogP contribution is 2.37. The van der Waals surface area contributed by atoms with Crippen molar-refractivity contribution in [2.75, 3.05) is 13.2 Å². The van der Waals surface area contributed by atoms with E-state index < -0.39 is 17.1 Å². The third kappa shape index (κ3) is 5.44. The fourth-order valence-electron chi connectivity index (χ4n) is 2.85. The third-order valence-corrected chi connectivity index (χ3v) is 6.05. The number of hydrogen-bond donors (Lipinski definition) is 1. The summed E-state index contributed by atoms with van der Waals surface area (Å²) in [6.07, 6.45) is 6.85. The molecule has 9 heteroatoms. The van der Waals surface area contributed by atoms with Crippen molar-refractivity contribution in [1.29, 1.82) is 0 Å². The van der Waals surface area contributed by atoms with Crippen molar-refractivity contribution in [3.8, 4) is 23.8 Å². The Morgan fingerprint density at radius 3 is 2.59 bits per heavy atom. The van der Waals surface area contributed by atoms with E-state index in [4.69, 9.17) is 21.0 Å². The Morgan fingerprint density at radius 1 is 1.25 bits per heavy atom. The Balaban J connectivity index is 1.83. The average molecular weight is 563 g/mol. The van der Waals surface area contributed by atoms with Crippen LogP contribution in [-0.2, 0) is 11.4 Å². The molecule has 1 heterocycles. The summed E-state index contributed by atoms with van der Waals surface area (Å²) < 4.78 is 12.5. The number of imide groups is 1. The molecular weight excluding hydrogens is 545 g/mol. The SMILES string of the molecule is C#CCN1C(=O)S/C(=C\c2cc(I)c(OCc3ccc(C(=O)O)cc3)c(OCC)c2)C1=O. The number of nitrogens with zero attached hydrogens (tertiary/aromatic N) is 1. The summed E-state index contributed by atoms with van der Waals surface area (Å²) in [4.78, 5) is 36.7. The van der Waals surface area contributed by atoms with Crippen LogP contribution in [0.2, 0.25) is 0 Å². The number of benzene rings is 2. The maximum atomic E-state index is 12.4. The summed E-state index contributed by atoms with van der Waals surface area (Å²) in [5.74, 6) is 1.93. The molecule has 2 aromatic rings. The molecule has 7 nitrogen and oxygen atoms in total. The van der Waals surface area contributed by atoms with Gasteiger partial charge in [0.2, 0.25) is 0 Å². The lowest BCUT2D eigenvalue weighted by Gasteiger charge is -2.15. The van der Waals surface area contributed by atoms with Crippen molar-refractivity contribution in [3.05, 3.63) is 61.6 Å². The zero-order valence-electron chi connectivity index (χ0n) is 17.0. The van der Waals surface area contributed by atoms with E-state index in [0.29, 0.717) is 23.7 Å². The summed E-state index contributed by atoms with van der Waals surface area (Å²) in [5, 5.41) is 8.61. The second-order valence-electron chi connectivity index (χ2n) is 6.53. The number of halogens is 1. The molecule has 1 aliphatic rings. The van der Waals surface area contributed by atoms with Crippen molar-refractivity contribution in [1.82, 2.24) is 4.90 Å². The van der Waals surface area contributed by atoms with Crippen LogP contribution in [0.15, 0.2) is 41.3 Å². The van der Waals surface area contributed by atoms with E-state index in [9.17, 15) is 14.4 Å². The molecule has 164 valence electrons. The van der Waals surface area contributed by atoms with Crippen molar-refractivity contribution < 1.29 is 29.0 Å². The molecule has 0 atom stereocenters. The van der Waals surface area contributed by atoms with Gasteiger partial charge in [0.25, 0.3) is 11.1 Å². The van der Waals surface area contributed by atoms with Crippen LogP contribution in [0.5, 0.6) is 11.5 Å². The van der Waals surface area contributed by atoms with Gasteiger partial charge in [-0.15, -0.1) is 6.42 Å². The van der Waals surface area contributed by atoms with Gasteiger partial charge in [-0.1, -0.05) is 18.1 Å². The number of carboxylic acid groups (broad SMARTS) is 1. The lowest BCUT2D eigenvalue weighted by Crippen LogP contribution is -2.28. The van der Waals surface area contributed by atoms with Crippen LogP contribution < -0.4 is 9.47 Å². The highest BCUT2D eigenvalue weighted by Gasteiger charge is 2.34. The van der Waals surface area contributed by atoms with Gasteiger partial charge < -0.3 is 14.6 Å².